The van der Waals surface area contributed by atoms with Gasteiger partial charge in [-0.3, -0.25) is 9.78 Å². The fraction of sp³-hybridized carbons (Fsp3) is 0.118. The first-order chi connectivity index (χ1) is 11.3. The number of ether oxygens (including phenoxy) is 1. The minimum atomic E-state index is -0.351. The zero-order valence-electron chi connectivity index (χ0n) is 12.3. The molecule has 116 valence electrons. The fourth-order valence-corrected chi connectivity index (χ4v) is 1.94. The van der Waals surface area contributed by atoms with Gasteiger partial charge in [0.2, 0.25) is 5.76 Å². The molecule has 2 heterocycles. The second-order valence-corrected chi connectivity index (χ2v) is 4.85. The second-order valence-electron chi connectivity index (χ2n) is 4.85. The number of nitrogens with zero attached hydrogens (tertiary/aromatic N) is 2. The van der Waals surface area contributed by atoms with Crippen LogP contribution in [0.2, 0.25) is 0 Å². The quantitative estimate of drug-likeness (QED) is 0.757. The Morgan fingerprint density at radius 2 is 1.96 bits per heavy atom. The van der Waals surface area contributed by atoms with Crippen molar-refractivity contribution in [1.29, 1.82) is 0 Å². The average molecular weight is 309 g/mol. The number of carbonyl (C=O) groups excluding carboxylic acids is 1. The van der Waals surface area contributed by atoms with Crippen LogP contribution in [0.5, 0.6) is 5.88 Å². The predicted molar refractivity (Wildman–Crippen MR) is 82.7 cm³/mol. The van der Waals surface area contributed by atoms with E-state index in [-0.39, 0.29) is 17.5 Å². The lowest BCUT2D eigenvalue weighted by Crippen LogP contribution is -2.22. The Hall–Kier alpha value is -3.15. The van der Waals surface area contributed by atoms with Crippen LogP contribution < -0.4 is 10.1 Å². The summed E-state index contributed by atoms with van der Waals surface area (Å²) >= 11 is 0. The van der Waals surface area contributed by atoms with Crippen LogP contribution in [0.15, 0.2) is 65.4 Å². The van der Waals surface area contributed by atoms with Crippen LogP contribution in [0.3, 0.4) is 0 Å². The lowest BCUT2D eigenvalue weighted by molar-refractivity contribution is 0.0913. The maximum absolute atomic E-state index is 12.0. The summed E-state index contributed by atoms with van der Waals surface area (Å²) in [5.74, 6) is 0.0354. The Morgan fingerprint density at radius 1 is 1.13 bits per heavy atom. The molecule has 0 atom stereocenters. The van der Waals surface area contributed by atoms with E-state index in [1.807, 2.05) is 42.5 Å². The van der Waals surface area contributed by atoms with E-state index in [2.05, 4.69) is 15.5 Å². The summed E-state index contributed by atoms with van der Waals surface area (Å²) in [5.41, 5.74) is 1.92. The summed E-state index contributed by atoms with van der Waals surface area (Å²) in [6.07, 6.45) is 3.37. The van der Waals surface area contributed by atoms with Crippen LogP contribution in [-0.2, 0) is 13.2 Å². The van der Waals surface area contributed by atoms with E-state index in [9.17, 15) is 4.79 Å². The minimum Gasteiger partial charge on any atom is -0.471 e. The zero-order chi connectivity index (χ0) is 15.9. The van der Waals surface area contributed by atoms with Gasteiger partial charge in [-0.05, 0) is 22.3 Å². The molecule has 0 saturated heterocycles. The zero-order valence-corrected chi connectivity index (χ0v) is 12.3. The SMILES string of the molecule is O=C(NCc1cccnc1)c1cc(OCc2ccccc2)no1. The molecule has 23 heavy (non-hydrogen) atoms. The number of nitrogens with one attached hydrogen (secondary N) is 1. The summed E-state index contributed by atoms with van der Waals surface area (Å²) < 4.78 is 10.5. The molecule has 0 saturated carbocycles. The summed E-state index contributed by atoms with van der Waals surface area (Å²) in [7, 11) is 0. The molecule has 0 radical (unpaired) electrons. The molecule has 0 aliphatic rings. The number of rotatable bonds is 6. The van der Waals surface area contributed by atoms with Gasteiger partial charge in [0.15, 0.2) is 0 Å². The summed E-state index contributed by atoms with van der Waals surface area (Å²) in [6.45, 7) is 0.734. The number of amides is 1. The number of pyridine rings is 1. The molecular weight excluding hydrogens is 294 g/mol. The fourth-order valence-electron chi connectivity index (χ4n) is 1.94. The van der Waals surface area contributed by atoms with E-state index in [1.54, 1.807) is 12.4 Å². The van der Waals surface area contributed by atoms with Crippen LogP contribution in [0, 0.1) is 0 Å². The molecular formula is C17H15N3O3. The summed E-state index contributed by atoms with van der Waals surface area (Å²) in [5, 5.41) is 6.47. The van der Waals surface area contributed by atoms with Crippen molar-refractivity contribution in [2.45, 2.75) is 13.2 Å². The molecule has 0 unspecified atom stereocenters. The normalized spacial score (nSPS) is 10.3. The van der Waals surface area contributed by atoms with E-state index in [4.69, 9.17) is 9.26 Å². The molecule has 1 aromatic carbocycles. The molecule has 3 aromatic rings. The molecule has 2 aromatic heterocycles. The lowest BCUT2D eigenvalue weighted by Gasteiger charge is -2.01. The highest BCUT2D eigenvalue weighted by atomic mass is 16.5. The van der Waals surface area contributed by atoms with Crippen LogP contribution in [0.4, 0.5) is 0 Å². The molecule has 3 rings (SSSR count). The van der Waals surface area contributed by atoms with Gasteiger partial charge < -0.3 is 14.6 Å². The predicted octanol–water partition coefficient (Wildman–Crippen LogP) is 2.58. The van der Waals surface area contributed by atoms with Gasteiger partial charge >= 0.3 is 0 Å². The Labute approximate surface area is 133 Å². The van der Waals surface area contributed by atoms with E-state index in [0.29, 0.717) is 13.2 Å². The van der Waals surface area contributed by atoms with Crippen molar-refractivity contribution in [3.05, 3.63) is 77.8 Å². The Kier molecular flexibility index (Phi) is 4.63. The van der Waals surface area contributed by atoms with Crippen LogP contribution >= 0.6 is 0 Å². The van der Waals surface area contributed by atoms with E-state index >= 15 is 0 Å². The third-order valence-electron chi connectivity index (χ3n) is 3.12. The number of benzene rings is 1. The first-order valence-corrected chi connectivity index (χ1v) is 7.12. The van der Waals surface area contributed by atoms with Crippen LogP contribution in [0.1, 0.15) is 21.7 Å². The van der Waals surface area contributed by atoms with E-state index in [0.717, 1.165) is 11.1 Å². The molecule has 1 N–H and O–H groups in total. The van der Waals surface area contributed by atoms with E-state index < -0.39 is 0 Å². The van der Waals surface area contributed by atoms with Gasteiger partial charge in [-0.25, -0.2) is 0 Å². The lowest BCUT2D eigenvalue weighted by atomic mass is 10.2. The highest BCUT2D eigenvalue weighted by Crippen LogP contribution is 2.13. The molecule has 0 aliphatic heterocycles. The second kappa shape index (κ2) is 7.22. The first kappa shape index (κ1) is 14.8. The van der Waals surface area contributed by atoms with Crippen molar-refractivity contribution in [3.8, 4) is 5.88 Å². The maximum atomic E-state index is 12.0. The standard InChI is InChI=1S/C17H15N3O3/c21-17(19-11-14-7-4-8-18-10-14)15-9-16(20-23-15)22-12-13-5-2-1-3-6-13/h1-10H,11-12H2,(H,19,21). The van der Waals surface area contributed by atoms with Gasteiger partial charge in [-0.15, -0.1) is 0 Å². The topological polar surface area (TPSA) is 77.2 Å². The van der Waals surface area contributed by atoms with Crippen molar-refractivity contribution in [2.75, 3.05) is 0 Å². The molecule has 6 nitrogen and oxygen atoms in total. The summed E-state index contributed by atoms with van der Waals surface area (Å²) in [4.78, 5) is 16.0. The molecule has 6 heteroatoms. The van der Waals surface area contributed by atoms with Gasteiger partial charge in [-0.1, -0.05) is 36.4 Å². The van der Waals surface area contributed by atoms with Crippen molar-refractivity contribution in [2.24, 2.45) is 0 Å². The van der Waals surface area contributed by atoms with Crippen molar-refractivity contribution in [1.82, 2.24) is 15.5 Å². The maximum Gasteiger partial charge on any atom is 0.290 e. The molecule has 0 spiro atoms. The average Bonchev–Trinajstić information content (AvgIpc) is 3.09. The molecule has 0 bridgehead atoms. The van der Waals surface area contributed by atoms with Crippen molar-refractivity contribution >= 4 is 5.91 Å². The third-order valence-corrected chi connectivity index (χ3v) is 3.12. The van der Waals surface area contributed by atoms with Gasteiger partial charge in [-0.2, -0.15) is 0 Å². The van der Waals surface area contributed by atoms with Crippen molar-refractivity contribution < 1.29 is 14.1 Å². The Balaban J connectivity index is 1.53. The molecule has 0 fully saturated rings. The van der Waals surface area contributed by atoms with Gasteiger partial charge in [0.05, 0.1) is 6.07 Å². The van der Waals surface area contributed by atoms with Gasteiger partial charge in [0.1, 0.15) is 6.61 Å². The largest absolute Gasteiger partial charge is 0.471 e. The van der Waals surface area contributed by atoms with Gasteiger partial charge in [0.25, 0.3) is 11.8 Å². The van der Waals surface area contributed by atoms with Gasteiger partial charge in [0, 0.05) is 18.9 Å². The monoisotopic (exact) mass is 309 g/mol. The number of hydrogen-bond donors (Lipinski definition) is 1. The third kappa shape index (κ3) is 4.16. The number of aromatic nitrogens is 2. The summed E-state index contributed by atoms with van der Waals surface area (Å²) in [6, 6.07) is 14.8. The Bertz CT molecular complexity index is 757. The number of carbonyl (C=O) groups is 1. The van der Waals surface area contributed by atoms with Crippen LogP contribution in [0.25, 0.3) is 0 Å². The Morgan fingerprint density at radius 3 is 2.74 bits per heavy atom. The number of hydrogen-bond acceptors (Lipinski definition) is 5. The van der Waals surface area contributed by atoms with E-state index in [1.165, 1.54) is 6.07 Å². The smallest absolute Gasteiger partial charge is 0.290 e. The van der Waals surface area contributed by atoms with Crippen LogP contribution in [-0.4, -0.2) is 16.0 Å². The molecule has 1 amide bonds. The molecule has 0 aliphatic carbocycles. The highest BCUT2D eigenvalue weighted by molar-refractivity contribution is 5.91. The minimum absolute atomic E-state index is 0.108. The highest BCUT2D eigenvalue weighted by Gasteiger charge is 2.13. The van der Waals surface area contributed by atoms with Crippen molar-refractivity contribution in [3.63, 3.8) is 0 Å². The first-order valence-electron chi connectivity index (χ1n) is 7.12.